The van der Waals surface area contributed by atoms with Crippen LogP contribution in [0.4, 0.5) is 8.78 Å². The standard InChI is InChI=1S/C24H23F2N/c1-15-9-10-17(21-13-16(11-12-27-21)23(2,3)4)19-14-24(25,26)20-8-6-5-7-18(20)22(15)19/h5-13H,14H2,1-4H3/i1D3,14D2. The highest BCUT2D eigenvalue weighted by Gasteiger charge is 2.40. The fourth-order valence-electron chi connectivity index (χ4n) is 3.47. The summed E-state index contributed by atoms with van der Waals surface area (Å²) in [5, 5.41) is 0. The van der Waals surface area contributed by atoms with Crippen LogP contribution in [0.25, 0.3) is 22.4 Å². The number of alkyl halides is 2. The van der Waals surface area contributed by atoms with Crippen LogP contribution < -0.4 is 0 Å². The maximum Gasteiger partial charge on any atom is 0.277 e. The van der Waals surface area contributed by atoms with Crippen molar-refractivity contribution in [2.75, 3.05) is 0 Å². The third kappa shape index (κ3) is 2.95. The number of hydrogen-bond donors (Lipinski definition) is 0. The molecule has 1 aromatic heterocycles. The first-order chi connectivity index (χ1) is 14.7. The minimum atomic E-state index is -3.86. The van der Waals surface area contributed by atoms with Crippen LogP contribution in [0.1, 0.15) is 49.9 Å². The van der Waals surface area contributed by atoms with Gasteiger partial charge in [-0.2, -0.15) is 0 Å². The molecule has 3 aromatic rings. The lowest BCUT2D eigenvalue weighted by atomic mass is 9.78. The molecule has 0 N–H and O–H groups in total. The molecule has 1 aliphatic rings. The summed E-state index contributed by atoms with van der Waals surface area (Å²) in [7, 11) is 0. The van der Waals surface area contributed by atoms with Crippen LogP contribution in [0.3, 0.4) is 0 Å². The summed E-state index contributed by atoms with van der Waals surface area (Å²) in [5.41, 5.74) is 0.161. The fraction of sp³-hybridized carbons (Fsp3) is 0.292. The van der Waals surface area contributed by atoms with Gasteiger partial charge in [0, 0.05) is 30.6 Å². The van der Waals surface area contributed by atoms with Gasteiger partial charge in [0.1, 0.15) is 0 Å². The van der Waals surface area contributed by atoms with E-state index >= 15 is 8.78 Å². The fourth-order valence-corrected chi connectivity index (χ4v) is 3.47. The van der Waals surface area contributed by atoms with Crippen LogP contribution >= 0.6 is 0 Å². The molecule has 0 atom stereocenters. The Hall–Kier alpha value is -2.55. The van der Waals surface area contributed by atoms with Gasteiger partial charge < -0.3 is 0 Å². The highest BCUT2D eigenvalue weighted by atomic mass is 19.3. The van der Waals surface area contributed by atoms with Gasteiger partial charge in [0.25, 0.3) is 5.92 Å². The van der Waals surface area contributed by atoms with E-state index in [1.54, 1.807) is 18.3 Å². The summed E-state index contributed by atoms with van der Waals surface area (Å²) in [5.74, 6) is -3.86. The maximum atomic E-state index is 15.5. The number of halogens is 2. The number of nitrogens with zero attached hydrogens (tertiary/aromatic N) is 1. The van der Waals surface area contributed by atoms with Gasteiger partial charge in [-0.05, 0) is 52.2 Å². The van der Waals surface area contributed by atoms with Crippen LogP contribution in [0.2, 0.25) is 0 Å². The molecule has 27 heavy (non-hydrogen) atoms. The summed E-state index contributed by atoms with van der Waals surface area (Å²) < 4.78 is 72.0. The van der Waals surface area contributed by atoms with E-state index in [1.165, 1.54) is 24.3 Å². The zero-order valence-electron chi connectivity index (χ0n) is 20.4. The topological polar surface area (TPSA) is 12.9 Å². The molecule has 0 fully saturated rings. The van der Waals surface area contributed by atoms with Crippen molar-refractivity contribution in [3.05, 3.63) is 77.0 Å². The zero-order chi connectivity index (χ0) is 23.7. The average molecular weight is 368 g/mol. The Morgan fingerprint density at radius 1 is 1.07 bits per heavy atom. The molecule has 0 spiro atoms. The van der Waals surface area contributed by atoms with Gasteiger partial charge in [0.2, 0.25) is 0 Å². The van der Waals surface area contributed by atoms with Gasteiger partial charge in [0.05, 0.1) is 5.69 Å². The third-order valence-electron chi connectivity index (χ3n) is 4.92. The largest absolute Gasteiger partial charge is 0.277 e. The summed E-state index contributed by atoms with van der Waals surface area (Å²) in [6.07, 6.45) is -1.59. The van der Waals surface area contributed by atoms with Crippen molar-refractivity contribution in [3.63, 3.8) is 0 Å². The average Bonchev–Trinajstić information content (AvgIpc) is 2.70. The molecule has 0 saturated heterocycles. The number of pyridine rings is 1. The number of hydrogen-bond acceptors (Lipinski definition) is 1. The maximum absolute atomic E-state index is 15.5. The minimum Gasteiger partial charge on any atom is -0.256 e. The second-order valence-corrected chi connectivity index (χ2v) is 7.84. The van der Waals surface area contributed by atoms with Gasteiger partial charge in [-0.3, -0.25) is 4.98 Å². The van der Waals surface area contributed by atoms with Crippen molar-refractivity contribution in [1.82, 2.24) is 4.98 Å². The molecule has 3 heteroatoms. The first-order valence-corrected chi connectivity index (χ1v) is 8.80. The molecule has 1 nitrogen and oxygen atoms in total. The zero-order valence-corrected chi connectivity index (χ0v) is 15.4. The molecule has 0 amide bonds. The van der Waals surface area contributed by atoms with Crippen LogP contribution in [-0.4, -0.2) is 4.98 Å². The monoisotopic (exact) mass is 368 g/mol. The van der Waals surface area contributed by atoms with Gasteiger partial charge in [-0.25, -0.2) is 8.78 Å². The molecule has 138 valence electrons. The van der Waals surface area contributed by atoms with Gasteiger partial charge >= 0.3 is 0 Å². The van der Waals surface area contributed by atoms with E-state index in [0.29, 0.717) is 5.69 Å². The van der Waals surface area contributed by atoms with E-state index < -0.39 is 24.7 Å². The second kappa shape index (κ2) is 5.98. The first kappa shape index (κ1) is 12.8. The normalized spacial score (nSPS) is 20.3. The Morgan fingerprint density at radius 3 is 2.59 bits per heavy atom. The molecule has 1 aliphatic carbocycles. The molecular formula is C24H23F2N. The minimum absolute atomic E-state index is 0.00279. The summed E-state index contributed by atoms with van der Waals surface area (Å²) in [4.78, 5) is 4.34. The smallest absolute Gasteiger partial charge is 0.256 e. The first-order valence-electron chi connectivity index (χ1n) is 11.3. The van der Waals surface area contributed by atoms with Crippen molar-refractivity contribution in [2.45, 2.75) is 45.3 Å². The molecule has 0 bridgehead atoms. The Morgan fingerprint density at radius 2 is 1.85 bits per heavy atom. The lowest BCUT2D eigenvalue weighted by Crippen LogP contribution is -2.24. The van der Waals surface area contributed by atoms with Gasteiger partial charge in [0.15, 0.2) is 0 Å². The molecular weight excluding hydrogens is 340 g/mol. The van der Waals surface area contributed by atoms with Gasteiger partial charge in [-0.1, -0.05) is 57.2 Å². The van der Waals surface area contributed by atoms with Crippen LogP contribution in [0.5, 0.6) is 0 Å². The number of fused-ring (bicyclic) bond motifs is 3. The number of aromatic nitrogens is 1. The van der Waals surface area contributed by atoms with Crippen molar-refractivity contribution in [2.24, 2.45) is 0 Å². The lowest BCUT2D eigenvalue weighted by Gasteiger charge is -2.30. The van der Waals surface area contributed by atoms with Crippen molar-refractivity contribution in [1.29, 1.82) is 0 Å². The predicted molar refractivity (Wildman–Crippen MR) is 106 cm³/mol. The Kier molecular flexibility index (Phi) is 2.83. The van der Waals surface area contributed by atoms with Crippen molar-refractivity contribution >= 4 is 0 Å². The quantitative estimate of drug-likeness (QED) is 0.467. The van der Waals surface area contributed by atoms with E-state index in [1.807, 2.05) is 26.8 Å². The lowest BCUT2D eigenvalue weighted by molar-refractivity contribution is -0.00469. The predicted octanol–water partition coefficient (Wildman–Crippen LogP) is 6.67. The van der Waals surface area contributed by atoms with E-state index in [-0.39, 0.29) is 33.2 Å². The second-order valence-electron chi connectivity index (χ2n) is 7.84. The third-order valence-corrected chi connectivity index (χ3v) is 4.92. The van der Waals surface area contributed by atoms with E-state index in [9.17, 15) is 0 Å². The SMILES string of the molecule is [2H]C([2H])([2H])c1ccc(-c2cc(C(C)(C)C)ccn2)c2c1-c1ccccc1C(F)(F)C2([2H])[2H]. The molecule has 0 aliphatic heterocycles. The summed E-state index contributed by atoms with van der Waals surface area (Å²) in [6, 6.07) is 11.9. The Balaban J connectivity index is 2.16. The van der Waals surface area contributed by atoms with Crippen molar-refractivity contribution < 1.29 is 15.6 Å². The number of rotatable bonds is 1. The number of benzene rings is 2. The van der Waals surface area contributed by atoms with Crippen LogP contribution in [0, 0.1) is 6.85 Å². The van der Waals surface area contributed by atoms with E-state index in [4.69, 9.17) is 6.85 Å². The molecule has 4 rings (SSSR count). The molecule has 2 aromatic carbocycles. The molecule has 0 saturated carbocycles. The highest BCUT2D eigenvalue weighted by Crippen LogP contribution is 2.48. The summed E-state index contributed by atoms with van der Waals surface area (Å²) in [6.45, 7) is 3.40. The van der Waals surface area contributed by atoms with Crippen molar-refractivity contribution in [3.8, 4) is 22.4 Å². The molecule has 0 radical (unpaired) electrons. The Bertz CT molecular complexity index is 1210. The van der Waals surface area contributed by atoms with E-state index in [0.717, 1.165) is 11.6 Å². The van der Waals surface area contributed by atoms with Crippen LogP contribution in [-0.2, 0) is 17.7 Å². The van der Waals surface area contributed by atoms with Crippen LogP contribution in [0.15, 0.2) is 54.7 Å². The molecule has 1 heterocycles. The summed E-state index contributed by atoms with van der Waals surface area (Å²) >= 11 is 0. The molecule has 0 unspecified atom stereocenters. The van der Waals surface area contributed by atoms with E-state index in [2.05, 4.69) is 4.98 Å². The van der Waals surface area contributed by atoms with Gasteiger partial charge in [-0.15, -0.1) is 0 Å². The highest BCUT2D eigenvalue weighted by molar-refractivity contribution is 5.83. The number of aryl methyl sites for hydroxylation is 1. The Labute approximate surface area is 166 Å².